The van der Waals surface area contributed by atoms with Crippen LogP contribution < -0.4 is 11.4 Å². The number of nitrogens with two attached hydrogens (primary N) is 1. The zero-order valence-electron chi connectivity index (χ0n) is 25.6. The highest BCUT2D eigenvalue weighted by Gasteiger charge is 2.70. The molecule has 0 aromatic carbocycles. The number of ketones is 3. The zero-order chi connectivity index (χ0) is 33.4. The number of hydrogen-bond donors (Lipinski definition) is 5. The number of phosphoric ester groups is 1. The quantitative estimate of drug-likeness (QED) is 0.239. The lowest BCUT2D eigenvalue weighted by Gasteiger charge is -2.58. The van der Waals surface area contributed by atoms with E-state index in [1.54, 1.807) is 13.0 Å². The summed E-state index contributed by atoms with van der Waals surface area (Å²) in [7, 11) is -5.04. The largest absolute Gasteiger partial charge is 0.470 e. The Bertz CT molecular complexity index is 1590. The highest BCUT2D eigenvalue weighted by molar-refractivity contribution is 7.46. The third-order valence-electron chi connectivity index (χ3n) is 11.5. The number of allylic oxidation sites excluding steroid dienone is 1. The van der Waals surface area contributed by atoms with E-state index in [1.807, 2.05) is 6.92 Å². The van der Waals surface area contributed by atoms with Crippen LogP contribution in [0.5, 0.6) is 0 Å². The Morgan fingerprint density at radius 1 is 1.15 bits per heavy atom. The van der Waals surface area contributed by atoms with Gasteiger partial charge in [-0.2, -0.15) is 4.98 Å². The summed E-state index contributed by atoms with van der Waals surface area (Å²) < 4.78 is 29.4. The first-order chi connectivity index (χ1) is 21.5. The number of ether oxygens (including phenoxy) is 2. The second kappa shape index (κ2) is 11.5. The van der Waals surface area contributed by atoms with Crippen molar-refractivity contribution in [1.82, 2.24) is 9.55 Å². The van der Waals surface area contributed by atoms with Crippen LogP contribution in [0.2, 0.25) is 0 Å². The van der Waals surface area contributed by atoms with Crippen LogP contribution in [0, 0.1) is 28.6 Å². The maximum absolute atomic E-state index is 14.2. The van der Waals surface area contributed by atoms with Crippen molar-refractivity contribution in [2.24, 2.45) is 28.6 Å². The molecule has 5 aliphatic rings. The molecule has 252 valence electrons. The number of carbonyl (C=O) groups is 3. The smallest absolute Gasteiger partial charge is 0.387 e. The Kier molecular flexibility index (Phi) is 8.33. The summed E-state index contributed by atoms with van der Waals surface area (Å²) in [6.07, 6.45) is 0.0100. The van der Waals surface area contributed by atoms with Crippen LogP contribution >= 0.6 is 7.82 Å². The highest BCUT2D eigenvalue weighted by atomic mass is 31.2. The van der Waals surface area contributed by atoms with E-state index < -0.39 is 73.5 Å². The monoisotopic (exact) mass is 665 g/mol. The van der Waals surface area contributed by atoms with E-state index in [0.717, 1.165) is 10.1 Å². The van der Waals surface area contributed by atoms with E-state index in [9.17, 15) is 43.7 Å². The van der Waals surface area contributed by atoms with Crippen molar-refractivity contribution in [2.45, 2.75) is 88.9 Å². The van der Waals surface area contributed by atoms with Gasteiger partial charge in [-0.25, -0.2) is 9.36 Å². The van der Waals surface area contributed by atoms with Crippen molar-refractivity contribution in [3.8, 4) is 0 Å². The normalized spacial score (nSPS) is 40.7. The molecule has 6 N–H and O–H groups in total. The van der Waals surface area contributed by atoms with Crippen LogP contribution in [0.15, 0.2) is 28.7 Å². The Balaban J connectivity index is 1.30. The van der Waals surface area contributed by atoms with Gasteiger partial charge in [0.1, 0.15) is 42.1 Å². The van der Waals surface area contributed by atoms with Gasteiger partial charge in [-0.1, -0.05) is 19.4 Å². The van der Waals surface area contributed by atoms with Crippen molar-refractivity contribution in [3.63, 3.8) is 0 Å². The lowest BCUT2D eigenvalue weighted by atomic mass is 9.46. The summed E-state index contributed by atoms with van der Waals surface area (Å²) in [6.45, 7) is 2.40. The molecule has 0 amide bonds. The topological polar surface area (TPSA) is 238 Å². The number of hydrogen-bond acceptors (Lipinski definition) is 12. The fourth-order valence-corrected chi connectivity index (χ4v) is 9.63. The van der Waals surface area contributed by atoms with Crippen LogP contribution in [0.25, 0.3) is 0 Å². The average molecular weight is 666 g/mol. The van der Waals surface area contributed by atoms with E-state index in [0.29, 0.717) is 32.1 Å². The minimum Gasteiger partial charge on any atom is -0.387 e. The number of aliphatic hydroxyl groups excluding tert-OH is 2. The van der Waals surface area contributed by atoms with Crippen LogP contribution in [0.1, 0.15) is 65.0 Å². The van der Waals surface area contributed by atoms with E-state index in [2.05, 4.69) is 9.51 Å². The molecule has 1 aromatic heterocycles. The lowest BCUT2D eigenvalue weighted by Crippen LogP contribution is -2.62. The first-order valence-electron chi connectivity index (χ1n) is 15.5. The summed E-state index contributed by atoms with van der Waals surface area (Å²) in [6, 6.07) is 1.32. The summed E-state index contributed by atoms with van der Waals surface area (Å²) in [5.41, 5.74) is 2.40. The van der Waals surface area contributed by atoms with Crippen LogP contribution in [-0.2, 0) is 32.9 Å². The summed E-state index contributed by atoms with van der Waals surface area (Å²) in [5, 5.41) is 21.6. The Labute approximate surface area is 264 Å². The summed E-state index contributed by atoms with van der Waals surface area (Å²) >= 11 is 0. The lowest BCUT2D eigenvalue weighted by molar-refractivity contribution is -0.192. The number of anilines is 1. The van der Waals surface area contributed by atoms with Gasteiger partial charge in [0, 0.05) is 30.4 Å². The van der Waals surface area contributed by atoms with Gasteiger partial charge in [-0.15, -0.1) is 0 Å². The number of nitrogen functional groups attached to an aromatic ring is 1. The molecule has 4 fully saturated rings. The van der Waals surface area contributed by atoms with Gasteiger partial charge in [0.05, 0.1) is 6.61 Å². The predicted octanol–water partition coefficient (Wildman–Crippen LogP) is 0.589. The summed E-state index contributed by atoms with van der Waals surface area (Å²) in [4.78, 5) is 75.2. The number of fused-ring (bicyclic) bond motifs is 5. The fourth-order valence-electron chi connectivity index (χ4n) is 9.35. The van der Waals surface area contributed by atoms with E-state index >= 15 is 0 Å². The molecule has 10 atom stereocenters. The second-order valence-corrected chi connectivity index (χ2v) is 15.1. The van der Waals surface area contributed by atoms with E-state index in [1.165, 1.54) is 12.3 Å². The van der Waals surface area contributed by atoms with Gasteiger partial charge in [0.2, 0.25) is 0 Å². The van der Waals surface area contributed by atoms with Crippen LogP contribution in [0.3, 0.4) is 0 Å². The van der Waals surface area contributed by atoms with Crippen molar-refractivity contribution < 1.29 is 52.9 Å². The van der Waals surface area contributed by atoms with Crippen molar-refractivity contribution in [3.05, 3.63) is 34.4 Å². The number of Topliss-reactive ketones (excluding diaryl/α,β-unsaturated/α-hetero) is 2. The molecular weight excluding hydrogens is 625 g/mol. The first-order valence-corrected chi connectivity index (χ1v) is 17.0. The Hall–Kier alpha value is -2.62. The first kappa shape index (κ1) is 33.3. The maximum Gasteiger partial charge on any atom is 0.470 e. The van der Waals surface area contributed by atoms with Gasteiger partial charge < -0.3 is 35.2 Å². The van der Waals surface area contributed by atoms with Gasteiger partial charge >= 0.3 is 13.5 Å². The third-order valence-corrected chi connectivity index (χ3v) is 12.0. The molecule has 0 spiro atoms. The average Bonchev–Trinajstić information content (AvgIpc) is 3.43. The molecule has 46 heavy (non-hydrogen) atoms. The number of aliphatic hydroxyl groups is 2. The molecule has 1 saturated heterocycles. The predicted molar refractivity (Wildman–Crippen MR) is 158 cm³/mol. The molecule has 4 aliphatic carbocycles. The molecule has 0 unspecified atom stereocenters. The standard InChI is InChI=1S/C30H40N3O12P/c1-28-8-5-16(34)11-15(28)3-4-17-18-6-9-30(21(36)14-44-46(40,41)42,29(18,2)12-19(35)23(17)28)43-13-20-24(37)25(38)26(45-20)33-10-7-22(31)32-27(33)39/h7,10-11,17-18,20,23-26,37-38H,3-6,8-9,12-14H2,1-2H3,(H2,31,32,39)(H2,40,41,42)/t17-,18-,20+,23+,24+,25-,26+,28-,29-,30-/m0/s1. The molecule has 2 heterocycles. The minimum absolute atomic E-state index is 0.0448. The zero-order valence-corrected chi connectivity index (χ0v) is 26.5. The van der Waals surface area contributed by atoms with Gasteiger partial charge in [-0.05, 0) is 61.5 Å². The molecule has 1 aliphatic heterocycles. The molecule has 0 bridgehead atoms. The second-order valence-electron chi connectivity index (χ2n) is 13.9. The molecule has 1 aromatic rings. The highest BCUT2D eigenvalue weighted by Crippen LogP contribution is 2.67. The van der Waals surface area contributed by atoms with E-state index in [-0.39, 0.29) is 48.0 Å². The summed E-state index contributed by atoms with van der Waals surface area (Å²) in [5.74, 6) is -1.46. The number of aromatic nitrogens is 2. The molecule has 3 saturated carbocycles. The Morgan fingerprint density at radius 2 is 1.89 bits per heavy atom. The number of phosphoric acid groups is 1. The van der Waals surface area contributed by atoms with Gasteiger partial charge in [-0.3, -0.25) is 23.5 Å². The van der Waals surface area contributed by atoms with Crippen molar-refractivity contribution in [1.29, 1.82) is 0 Å². The molecule has 6 rings (SSSR count). The molecule has 16 heteroatoms. The van der Waals surface area contributed by atoms with E-state index in [4.69, 9.17) is 15.2 Å². The maximum atomic E-state index is 14.2. The fraction of sp³-hybridized carbons (Fsp3) is 0.700. The third kappa shape index (κ3) is 5.25. The minimum atomic E-state index is -5.04. The van der Waals surface area contributed by atoms with Crippen molar-refractivity contribution in [2.75, 3.05) is 18.9 Å². The Morgan fingerprint density at radius 3 is 2.59 bits per heavy atom. The van der Waals surface area contributed by atoms with Crippen LogP contribution in [0.4, 0.5) is 5.82 Å². The van der Waals surface area contributed by atoms with Gasteiger partial charge in [0.25, 0.3) is 0 Å². The molecule has 15 nitrogen and oxygen atoms in total. The molecule has 0 radical (unpaired) electrons. The molecular formula is C30H40N3O12P. The van der Waals surface area contributed by atoms with Crippen LogP contribution in [-0.4, -0.2) is 84.0 Å². The number of rotatable bonds is 8. The van der Waals surface area contributed by atoms with Crippen molar-refractivity contribution >= 4 is 31.0 Å². The van der Waals surface area contributed by atoms with Gasteiger partial charge in [0.15, 0.2) is 17.8 Å². The SMILES string of the molecule is C[C@]12CCC(=O)C=C1CC[C@@H]1[C@@H]2C(=O)C[C@@]2(C)[C@H]1CC[C@]2(OC[C@H]1O[C@@H](n2ccc(N)nc2=O)[C@@H](O)[C@@H]1O)C(=O)COP(=O)(O)O. The number of nitrogens with zero attached hydrogens (tertiary/aromatic N) is 2. The number of carbonyl (C=O) groups excluding carboxylic acids is 3.